The molecule has 2 atom stereocenters. The van der Waals surface area contributed by atoms with Gasteiger partial charge in [-0.1, -0.05) is 48.0 Å². The van der Waals surface area contributed by atoms with Crippen LogP contribution in [0.5, 0.6) is 0 Å². The predicted octanol–water partition coefficient (Wildman–Crippen LogP) is 3.88. The number of hydrogen-bond donors (Lipinski definition) is 1. The Bertz CT molecular complexity index is 677. The van der Waals surface area contributed by atoms with Crippen LogP contribution >= 0.6 is 24.0 Å². The smallest absolute Gasteiger partial charge is 0.336 e. The molecule has 0 bridgehead atoms. The molecule has 0 saturated carbocycles. The van der Waals surface area contributed by atoms with E-state index in [4.69, 9.17) is 26.8 Å². The molecule has 25 heavy (non-hydrogen) atoms. The largest absolute Gasteiger partial charge is 0.464 e. The van der Waals surface area contributed by atoms with Crippen molar-refractivity contribution in [1.82, 2.24) is 0 Å². The number of halogens is 2. The number of carbonyl (C=O) groups is 1. The summed E-state index contributed by atoms with van der Waals surface area (Å²) in [7, 11) is 1.46. The second-order valence-electron chi connectivity index (χ2n) is 5.48. The van der Waals surface area contributed by atoms with Crippen molar-refractivity contribution >= 4 is 30.0 Å². The molecule has 0 saturated heterocycles. The molecule has 0 amide bonds. The molecule has 2 aromatic rings. The molecular weight excluding hydrogens is 361 g/mol. The molecule has 2 aromatic carbocycles. The number of methoxy groups -OCH3 is 1. The fourth-order valence-electron chi connectivity index (χ4n) is 2.55. The van der Waals surface area contributed by atoms with Gasteiger partial charge in [0, 0.05) is 18.2 Å². The number of esters is 1. The van der Waals surface area contributed by atoms with Crippen LogP contribution in [-0.2, 0) is 20.7 Å². The van der Waals surface area contributed by atoms with Crippen LogP contribution in [0.4, 0.5) is 0 Å². The lowest BCUT2D eigenvalue weighted by Crippen LogP contribution is -2.44. The van der Waals surface area contributed by atoms with E-state index < -0.39 is 18.1 Å². The minimum atomic E-state index is -0.766. The van der Waals surface area contributed by atoms with Gasteiger partial charge in [0.05, 0.1) is 6.61 Å². The van der Waals surface area contributed by atoms with Crippen molar-refractivity contribution in [1.29, 1.82) is 0 Å². The van der Waals surface area contributed by atoms with Crippen molar-refractivity contribution in [2.75, 3.05) is 13.7 Å². The van der Waals surface area contributed by atoms with E-state index in [2.05, 4.69) is 0 Å². The zero-order chi connectivity index (χ0) is 17.5. The van der Waals surface area contributed by atoms with Crippen LogP contribution in [0.3, 0.4) is 0 Å². The molecule has 6 heteroatoms. The fourth-order valence-corrected chi connectivity index (χ4v) is 2.74. The first-order valence-corrected chi connectivity index (χ1v) is 8.22. The Balaban J connectivity index is 0.00000312. The quantitative estimate of drug-likeness (QED) is 0.736. The third kappa shape index (κ3) is 6.01. The summed E-state index contributed by atoms with van der Waals surface area (Å²) in [5.74, 6) is -0.428. The fraction of sp³-hybridized carbons (Fsp3) is 0.316. The molecule has 0 radical (unpaired) electrons. The lowest BCUT2D eigenvalue weighted by atomic mass is 9.99. The molecule has 4 nitrogen and oxygen atoms in total. The molecule has 2 rings (SSSR count). The minimum absolute atomic E-state index is 0. The Kier molecular flexibility index (Phi) is 8.93. The van der Waals surface area contributed by atoms with Crippen LogP contribution in [0, 0.1) is 0 Å². The molecule has 0 aliphatic carbocycles. The van der Waals surface area contributed by atoms with Crippen LogP contribution in [-0.4, -0.2) is 31.8 Å². The van der Waals surface area contributed by atoms with Gasteiger partial charge in [-0.2, -0.15) is 0 Å². The lowest BCUT2D eigenvalue weighted by molar-refractivity contribution is -0.156. The van der Waals surface area contributed by atoms with Gasteiger partial charge in [-0.15, -0.1) is 12.4 Å². The number of benzene rings is 2. The Morgan fingerprint density at radius 3 is 2.40 bits per heavy atom. The first-order valence-electron chi connectivity index (χ1n) is 7.85. The second kappa shape index (κ2) is 10.4. The van der Waals surface area contributed by atoms with Crippen LogP contribution in [0.2, 0.25) is 5.02 Å². The van der Waals surface area contributed by atoms with E-state index in [0.29, 0.717) is 18.1 Å². The maximum Gasteiger partial charge on any atom is 0.336 e. The Labute approximate surface area is 159 Å². The zero-order valence-corrected chi connectivity index (χ0v) is 15.8. The number of rotatable bonds is 7. The van der Waals surface area contributed by atoms with Gasteiger partial charge in [0.25, 0.3) is 0 Å². The summed E-state index contributed by atoms with van der Waals surface area (Å²) in [5.41, 5.74) is 9.27. The molecule has 0 aromatic heterocycles. The number of hydrogen-bond acceptors (Lipinski definition) is 4. The van der Waals surface area contributed by atoms with Crippen LogP contribution in [0.15, 0.2) is 48.5 Å². The molecule has 0 aliphatic rings. The van der Waals surface area contributed by atoms with Crippen molar-refractivity contribution in [2.45, 2.75) is 25.5 Å². The van der Waals surface area contributed by atoms with Crippen LogP contribution < -0.4 is 5.73 Å². The predicted molar refractivity (Wildman–Crippen MR) is 103 cm³/mol. The highest BCUT2D eigenvalue weighted by Crippen LogP contribution is 2.23. The van der Waals surface area contributed by atoms with Crippen molar-refractivity contribution in [2.24, 2.45) is 5.73 Å². The van der Waals surface area contributed by atoms with Crippen LogP contribution in [0.1, 0.15) is 12.5 Å². The van der Waals surface area contributed by atoms with Gasteiger partial charge in [0.15, 0.2) is 6.10 Å². The van der Waals surface area contributed by atoms with E-state index in [0.717, 1.165) is 16.7 Å². The summed E-state index contributed by atoms with van der Waals surface area (Å²) in [6.07, 6.45) is -0.245. The topological polar surface area (TPSA) is 61.5 Å². The molecular formula is C19H23Cl2NO3. The number of ether oxygens (including phenoxy) is 2. The van der Waals surface area contributed by atoms with Gasteiger partial charge >= 0.3 is 5.97 Å². The second-order valence-corrected chi connectivity index (χ2v) is 5.92. The van der Waals surface area contributed by atoms with Gasteiger partial charge in [-0.25, -0.2) is 4.79 Å². The van der Waals surface area contributed by atoms with Crippen molar-refractivity contribution < 1.29 is 14.3 Å². The van der Waals surface area contributed by atoms with E-state index in [-0.39, 0.29) is 12.4 Å². The summed E-state index contributed by atoms with van der Waals surface area (Å²) in [6.45, 7) is 2.06. The lowest BCUT2D eigenvalue weighted by Gasteiger charge is -2.21. The van der Waals surface area contributed by atoms with Crippen molar-refractivity contribution in [3.63, 3.8) is 0 Å². The zero-order valence-electron chi connectivity index (χ0n) is 14.3. The van der Waals surface area contributed by atoms with E-state index in [9.17, 15) is 4.79 Å². The maximum atomic E-state index is 11.8. The molecule has 0 aliphatic heterocycles. The van der Waals surface area contributed by atoms with Gasteiger partial charge in [-0.3, -0.25) is 0 Å². The Morgan fingerprint density at radius 2 is 1.84 bits per heavy atom. The van der Waals surface area contributed by atoms with Crippen LogP contribution in [0.25, 0.3) is 11.1 Å². The van der Waals surface area contributed by atoms with Gasteiger partial charge in [-0.05, 0) is 42.2 Å². The third-order valence-corrected chi connectivity index (χ3v) is 3.98. The van der Waals surface area contributed by atoms with E-state index in [1.807, 2.05) is 48.5 Å². The molecule has 2 N–H and O–H groups in total. The molecule has 0 fully saturated rings. The van der Waals surface area contributed by atoms with Crippen molar-refractivity contribution in [3.05, 3.63) is 59.1 Å². The van der Waals surface area contributed by atoms with Gasteiger partial charge in [0.1, 0.15) is 0 Å². The van der Waals surface area contributed by atoms with Crippen molar-refractivity contribution in [3.8, 4) is 11.1 Å². The average molecular weight is 384 g/mol. The number of nitrogens with two attached hydrogens (primary N) is 1. The number of carbonyl (C=O) groups excluding carboxylic acids is 1. The summed E-state index contributed by atoms with van der Waals surface area (Å²) >= 11 is 6.03. The normalized spacial score (nSPS) is 12.8. The highest BCUT2D eigenvalue weighted by Gasteiger charge is 2.26. The monoisotopic (exact) mass is 383 g/mol. The SMILES string of the molecule is CCOC(=O)[C@H](OC)C(N)Cc1ccc(-c2cccc(Cl)c2)cc1.Cl. The summed E-state index contributed by atoms with van der Waals surface area (Å²) in [4.78, 5) is 11.8. The van der Waals surface area contributed by atoms with E-state index in [1.165, 1.54) is 7.11 Å². The molecule has 1 unspecified atom stereocenters. The molecule has 0 heterocycles. The summed E-state index contributed by atoms with van der Waals surface area (Å²) in [5, 5.41) is 0.705. The standard InChI is InChI=1S/C19H22ClNO3.ClH/c1-3-24-19(22)18(23-2)17(21)11-13-7-9-14(10-8-13)15-5-4-6-16(20)12-15;/h4-10,12,17-18H,3,11,21H2,1-2H3;1H/t17?,18-;/m1./s1. The summed E-state index contributed by atoms with van der Waals surface area (Å²) in [6, 6.07) is 15.2. The maximum absolute atomic E-state index is 11.8. The Morgan fingerprint density at radius 1 is 1.16 bits per heavy atom. The first-order chi connectivity index (χ1) is 11.5. The third-order valence-electron chi connectivity index (χ3n) is 3.74. The van der Waals surface area contributed by atoms with Gasteiger partial charge in [0.2, 0.25) is 0 Å². The molecule has 0 spiro atoms. The van der Waals surface area contributed by atoms with E-state index >= 15 is 0 Å². The van der Waals surface area contributed by atoms with E-state index in [1.54, 1.807) is 6.92 Å². The first kappa shape index (κ1) is 21.5. The Hall–Kier alpha value is -1.59. The van der Waals surface area contributed by atoms with Gasteiger partial charge < -0.3 is 15.2 Å². The minimum Gasteiger partial charge on any atom is -0.464 e. The summed E-state index contributed by atoms with van der Waals surface area (Å²) < 4.78 is 10.2. The molecule has 136 valence electrons. The highest BCUT2D eigenvalue weighted by atomic mass is 35.5. The average Bonchev–Trinajstić information content (AvgIpc) is 2.56. The highest BCUT2D eigenvalue weighted by molar-refractivity contribution is 6.30.